The molecule has 0 saturated carbocycles. The maximum absolute atomic E-state index is 3.12. The summed E-state index contributed by atoms with van der Waals surface area (Å²) >= 11 is 0. The smallest absolute Gasteiger partial charge is 1.00 e. The van der Waals surface area contributed by atoms with Crippen LogP contribution in [-0.2, 0) is 6.54 Å². The molecule has 0 bridgehead atoms. The molecule has 0 unspecified atom stereocenters. The molecule has 1 heterocycles. The summed E-state index contributed by atoms with van der Waals surface area (Å²) in [5.41, 5.74) is 1.37. The van der Waals surface area contributed by atoms with Crippen LogP contribution in [0.5, 0.6) is 0 Å². The Hall–Kier alpha value is 0.386. The van der Waals surface area contributed by atoms with E-state index in [0.717, 1.165) is 6.54 Å². The van der Waals surface area contributed by atoms with Gasteiger partial charge in [-0.2, -0.15) is 30.3 Å². The van der Waals surface area contributed by atoms with Crippen LogP contribution >= 0.6 is 0 Å². The molecule has 0 amide bonds. The molecule has 0 aromatic heterocycles. The Balaban J connectivity index is 0.00000112. The summed E-state index contributed by atoms with van der Waals surface area (Å²) < 4.78 is 0. The van der Waals surface area contributed by atoms with Gasteiger partial charge in [0, 0.05) is 26.2 Å². The van der Waals surface area contributed by atoms with Crippen LogP contribution in [0.2, 0.25) is 0 Å². The van der Waals surface area contributed by atoms with Crippen LogP contribution in [-0.4, -0.2) is 66.1 Å². The summed E-state index contributed by atoms with van der Waals surface area (Å²) in [5.74, 6) is 0. The molecular weight excluding hydrogens is 276 g/mol. The number of likely N-dealkylation sites (N-methyl/N-ethyl adjacent to an activating group) is 1. The second kappa shape index (κ2) is 8.47. The Bertz CT molecular complexity index is 274. The van der Waals surface area contributed by atoms with Crippen LogP contribution in [0.4, 0.5) is 0 Å². The molecule has 1 aromatic carbocycles. The molecule has 4 heteroatoms. The summed E-state index contributed by atoms with van der Waals surface area (Å²) in [6.07, 6.45) is 0. The molecule has 0 N–H and O–H groups in total. The molecule has 84 valence electrons. The number of hydrogen-bond acceptors (Lipinski definition) is 2. The molecule has 1 aliphatic heterocycles. The molecule has 2 rings (SSSR count). The Labute approximate surface area is 125 Å². The van der Waals surface area contributed by atoms with Crippen LogP contribution in [0.3, 0.4) is 0 Å². The van der Waals surface area contributed by atoms with Gasteiger partial charge in [-0.1, -0.05) is 0 Å². The van der Waals surface area contributed by atoms with Crippen molar-refractivity contribution in [2.24, 2.45) is 0 Å². The van der Waals surface area contributed by atoms with Gasteiger partial charge in [-0.15, -0.1) is 5.56 Å². The van der Waals surface area contributed by atoms with E-state index in [2.05, 4.69) is 41.1 Å². The predicted molar refractivity (Wildman–Crippen MR) is 63.8 cm³/mol. The monoisotopic (exact) mass is 292 g/mol. The number of rotatable bonds is 2. The van der Waals surface area contributed by atoms with Gasteiger partial charge in [-0.3, -0.25) is 0 Å². The fourth-order valence-electron chi connectivity index (χ4n) is 1.79. The molecule has 0 atom stereocenters. The second-order valence-electron chi connectivity index (χ2n) is 3.99. The zero-order valence-electron chi connectivity index (χ0n) is 9.82. The molecule has 0 radical (unpaired) electrons. The van der Waals surface area contributed by atoms with E-state index in [1.54, 1.807) is 0 Å². The molecule has 1 fully saturated rings. The quantitative estimate of drug-likeness (QED) is 0.454. The van der Waals surface area contributed by atoms with Crippen molar-refractivity contribution in [3.63, 3.8) is 0 Å². The molecular formula is C12H17BrMgN2. The third kappa shape index (κ3) is 5.14. The van der Waals surface area contributed by atoms with E-state index in [4.69, 9.17) is 0 Å². The van der Waals surface area contributed by atoms with Gasteiger partial charge in [-0.05, 0) is 13.6 Å². The first-order valence-electron chi connectivity index (χ1n) is 5.20. The molecule has 0 aliphatic carbocycles. The van der Waals surface area contributed by atoms with Crippen molar-refractivity contribution in [1.82, 2.24) is 9.80 Å². The fraction of sp³-hybridized carbons (Fsp3) is 0.500. The number of benzene rings is 1. The van der Waals surface area contributed by atoms with Crippen LogP contribution < -0.4 is 17.0 Å². The summed E-state index contributed by atoms with van der Waals surface area (Å²) in [5, 5.41) is 0. The zero-order valence-corrected chi connectivity index (χ0v) is 12.8. The Morgan fingerprint density at radius 2 is 1.94 bits per heavy atom. The van der Waals surface area contributed by atoms with Gasteiger partial charge in [0.1, 0.15) is 0 Å². The minimum atomic E-state index is 0. The Morgan fingerprint density at radius 1 is 1.25 bits per heavy atom. The van der Waals surface area contributed by atoms with Gasteiger partial charge in [0.05, 0.1) is 0 Å². The van der Waals surface area contributed by atoms with Gasteiger partial charge in [0.15, 0.2) is 0 Å². The van der Waals surface area contributed by atoms with Crippen molar-refractivity contribution in [1.29, 1.82) is 0 Å². The van der Waals surface area contributed by atoms with Gasteiger partial charge < -0.3 is 26.8 Å². The van der Waals surface area contributed by atoms with Gasteiger partial charge in [-0.25, -0.2) is 0 Å². The maximum Gasteiger partial charge on any atom is 2.00 e. The molecule has 1 saturated heterocycles. The van der Waals surface area contributed by atoms with Crippen LogP contribution in [0.1, 0.15) is 5.56 Å². The number of nitrogens with zero attached hydrogens (tertiary/aromatic N) is 2. The molecule has 2 nitrogen and oxygen atoms in total. The van der Waals surface area contributed by atoms with E-state index < -0.39 is 0 Å². The summed E-state index contributed by atoms with van der Waals surface area (Å²) in [6, 6.07) is 11.4. The number of halogens is 1. The molecule has 16 heavy (non-hydrogen) atoms. The van der Waals surface area contributed by atoms with E-state index in [-0.39, 0.29) is 40.0 Å². The van der Waals surface area contributed by atoms with Crippen LogP contribution in [0.25, 0.3) is 0 Å². The van der Waals surface area contributed by atoms with E-state index in [9.17, 15) is 0 Å². The van der Waals surface area contributed by atoms with E-state index >= 15 is 0 Å². The van der Waals surface area contributed by atoms with Crippen molar-refractivity contribution in [2.45, 2.75) is 6.54 Å². The molecule has 1 aromatic rings. The van der Waals surface area contributed by atoms with Crippen molar-refractivity contribution in [3.8, 4) is 0 Å². The molecule has 0 spiro atoms. The van der Waals surface area contributed by atoms with Gasteiger partial charge >= 0.3 is 23.1 Å². The average molecular weight is 293 g/mol. The molecule has 1 aliphatic rings. The third-order valence-electron chi connectivity index (χ3n) is 2.77. The topological polar surface area (TPSA) is 6.48 Å². The van der Waals surface area contributed by atoms with E-state index in [1.807, 2.05) is 6.07 Å². The van der Waals surface area contributed by atoms with Crippen molar-refractivity contribution in [3.05, 3.63) is 35.9 Å². The first-order chi connectivity index (χ1) is 6.84. The first-order valence-corrected chi connectivity index (χ1v) is 5.20. The zero-order chi connectivity index (χ0) is 9.80. The number of hydrogen-bond donors (Lipinski definition) is 0. The van der Waals surface area contributed by atoms with Gasteiger partial charge in [0.25, 0.3) is 0 Å². The normalized spacial score (nSPS) is 17.3. The SMILES string of the molecule is CN1CCN(Cc2c[c-]ccc2)CC1.[Br-].[Mg+2]. The Kier molecular flexibility index (Phi) is 8.68. The van der Waals surface area contributed by atoms with Gasteiger partial charge in [0.2, 0.25) is 0 Å². The summed E-state index contributed by atoms with van der Waals surface area (Å²) in [4.78, 5) is 4.89. The predicted octanol–water partition coefficient (Wildman–Crippen LogP) is -2.14. The maximum atomic E-state index is 3.12. The van der Waals surface area contributed by atoms with Crippen molar-refractivity contribution >= 4 is 23.1 Å². The standard InChI is InChI=1S/C12H17N2.BrH.Mg/c1-13-7-9-14(10-8-13)11-12-5-3-2-4-6-12;;/h2-3,5-6H,7-11H2,1H3;1H;/q-1;;+2/p-1. The first kappa shape index (κ1) is 16.4. The average Bonchev–Trinajstić information content (AvgIpc) is 2.23. The second-order valence-corrected chi connectivity index (χ2v) is 3.99. The van der Waals surface area contributed by atoms with Crippen LogP contribution in [0.15, 0.2) is 24.3 Å². The number of piperazine rings is 1. The largest absolute Gasteiger partial charge is 2.00 e. The Morgan fingerprint density at radius 3 is 2.50 bits per heavy atom. The summed E-state index contributed by atoms with van der Waals surface area (Å²) in [6.45, 7) is 5.83. The van der Waals surface area contributed by atoms with Crippen molar-refractivity contribution < 1.29 is 17.0 Å². The minimum absolute atomic E-state index is 0. The van der Waals surface area contributed by atoms with Crippen LogP contribution in [0, 0.1) is 6.07 Å². The van der Waals surface area contributed by atoms with Crippen molar-refractivity contribution in [2.75, 3.05) is 33.2 Å². The third-order valence-corrected chi connectivity index (χ3v) is 2.77. The fourth-order valence-corrected chi connectivity index (χ4v) is 1.79. The van der Waals surface area contributed by atoms with E-state index in [0.29, 0.717) is 0 Å². The van der Waals surface area contributed by atoms with E-state index in [1.165, 1.54) is 31.7 Å². The minimum Gasteiger partial charge on any atom is -1.00 e. The summed E-state index contributed by atoms with van der Waals surface area (Å²) in [7, 11) is 2.19.